The van der Waals surface area contributed by atoms with Gasteiger partial charge in [-0.1, -0.05) is 6.92 Å². The Morgan fingerprint density at radius 3 is 2.39 bits per heavy atom. The zero-order chi connectivity index (χ0) is 16.7. The molecule has 0 aliphatic carbocycles. The summed E-state index contributed by atoms with van der Waals surface area (Å²) in [5.41, 5.74) is 2.03. The number of ether oxygens (including phenoxy) is 1. The lowest BCUT2D eigenvalue weighted by atomic mass is 10.1. The summed E-state index contributed by atoms with van der Waals surface area (Å²) in [6.07, 6.45) is 2.46. The summed E-state index contributed by atoms with van der Waals surface area (Å²) in [6.45, 7) is 4.56. The Balaban J connectivity index is 1.98. The number of rotatable bonds is 7. The number of allylic oxidation sites excluding steroid dienone is 2. The maximum Gasteiger partial charge on any atom is 0.187 e. The second-order valence-corrected chi connectivity index (χ2v) is 5.20. The molecule has 23 heavy (non-hydrogen) atoms. The van der Waals surface area contributed by atoms with Crippen LogP contribution in [0.1, 0.15) is 30.6 Å². The van der Waals surface area contributed by atoms with E-state index >= 15 is 0 Å². The van der Waals surface area contributed by atoms with Crippen molar-refractivity contribution in [1.29, 1.82) is 0 Å². The first-order chi connectivity index (χ1) is 11.1. The third kappa shape index (κ3) is 5.25. The maximum atomic E-state index is 12.9. The van der Waals surface area contributed by atoms with Crippen LogP contribution in [0.25, 0.3) is 0 Å². The van der Waals surface area contributed by atoms with E-state index in [-0.39, 0.29) is 11.6 Å². The Morgan fingerprint density at radius 2 is 1.78 bits per heavy atom. The number of benzene rings is 2. The quantitative estimate of drug-likeness (QED) is 0.588. The van der Waals surface area contributed by atoms with Crippen LogP contribution in [-0.4, -0.2) is 12.4 Å². The van der Waals surface area contributed by atoms with E-state index in [9.17, 15) is 9.18 Å². The molecule has 2 rings (SSSR count). The molecule has 1 N–H and O–H groups in total. The lowest BCUT2D eigenvalue weighted by Crippen LogP contribution is -2.01. The van der Waals surface area contributed by atoms with Crippen LogP contribution in [0.15, 0.2) is 60.3 Å². The SMILES string of the molecule is CCCOc1ccc(NC(C)=CC(=O)c2ccc(F)cc2)cc1. The van der Waals surface area contributed by atoms with Gasteiger partial charge < -0.3 is 10.1 Å². The van der Waals surface area contributed by atoms with Gasteiger partial charge in [0.05, 0.1) is 6.61 Å². The van der Waals surface area contributed by atoms with Crippen molar-refractivity contribution in [2.24, 2.45) is 0 Å². The van der Waals surface area contributed by atoms with E-state index in [2.05, 4.69) is 12.2 Å². The molecule has 0 aliphatic heterocycles. The van der Waals surface area contributed by atoms with Gasteiger partial charge in [0.1, 0.15) is 11.6 Å². The molecule has 120 valence electrons. The highest BCUT2D eigenvalue weighted by molar-refractivity contribution is 6.05. The Labute approximate surface area is 135 Å². The number of hydrogen-bond donors (Lipinski definition) is 1. The average Bonchev–Trinajstić information content (AvgIpc) is 2.54. The monoisotopic (exact) mass is 313 g/mol. The van der Waals surface area contributed by atoms with Gasteiger partial charge in [0, 0.05) is 23.0 Å². The number of carbonyl (C=O) groups excluding carboxylic acids is 1. The van der Waals surface area contributed by atoms with Gasteiger partial charge in [-0.2, -0.15) is 0 Å². The van der Waals surface area contributed by atoms with Gasteiger partial charge in [-0.3, -0.25) is 4.79 Å². The van der Waals surface area contributed by atoms with Crippen LogP contribution in [0.3, 0.4) is 0 Å². The third-order valence-corrected chi connectivity index (χ3v) is 3.15. The molecule has 0 fully saturated rings. The van der Waals surface area contributed by atoms with Crippen LogP contribution >= 0.6 is 0 Å². The summed E-state index contributed by atoms with van der Waals surface area (Å²) in [6, 6.07) is 13.1. The summed E-state index contributed by atoms with van der Waals surface area (Å²) < 4.78 is 18.4. The fourth-order valence-electron chi connectivity index (χ4n) is 2.01. The molecular weight excluding hydrogens is 293 g/mol. The summed E-state index contributed by atoms with van der Waals surface area (Å²) >= 11 is 0. The molecule has 0 amide bonds. The minimum absolute atomic E-state index is 0.169. The van der Waals surface area contributed by atoms with Crippen molar-refractivity contribution in [2.75, 3.05) is 11.9 Å². The molecule has 0 radical (unpaired) electrons. The number of halogens is 1. The fraction of sp³-hybridized carbons (Fsp3) is 0.211. The maximum absolute atomic E-state index is 12.9. The Kier molecular flexibility index (Phi) is 5.92. The number of anilines is 1. The van der Waals surface area contributed by atoms with Gasteiger partial charge in [0.2, 0.25) is 0 Å². The van der Waals surface area contributed by atoms with E-state index < -0.39 is 0 Å². The number of hydrogen-bond acceptors (Lipinski definition) is 3. The molecule has 2 aromatic rings. The molecule has 2 aromatic carbocycles. The van der Waals surface area contributed by atoms with E-state index in [0.29, 0.717) is 17.9 Å². The lowest BCUT2D eigenvalue weighted by Gasteiger charge is -2.08. The highest BCUT2D eigenvalue weighted by atomic mass is 19.1. The molecule has 0 aromatic heterocycles. The molecule has 3 nitrogen and oxygen atoms in total. The topological polar surface area (TPSA) is 38.3 Å². The summed E-state index contributed by atoms with van der Waals surface area (Å²) in [4.78, 5) is 12.1. The Morgan fingerprint density at radius 1 is 1.13 bits per heavy atom. The van der Waals surface area contributed by atoms with Crippen molar-refractivity contribution in [3.63, 3.8) is 0 Å². The fourth-order valence-corrected chi connectivity index (χ4v) is 2.01. The predicted octanol–water partition coefficient (Wildman–Crippen LogP) is 4.81. The lowest BCUT2D eigenvalue weighted by molar-refractivity contribution is 0.104. The molecule has 0 aliphatic rings. The Bertz CT molecular complexity index is 676. The smallest absolute Gasteiger partial charge is 0.187 e. The molecular formula is C19H20FNO2. The second kappa shape index (κ2) is 8.13. The van der Waals surface area contributed by atoms with Crippen molar-refractivity contribution in [3.8, 4) is 5.75 Å². The molecule has 0 bridgehead atoms. The van der Waals surface area contributed by atoms with Crippen molar-refractivity contribution < 1.29 is 13.9 Å². The van der Waals surface area contributed by atoms with Crippen LogP contribution in [0.5, 0.6) is 5.75 Å². The van der Waals surface area contributed by atoms with Gasteiger partial charge in [0.15, 0.2) is 5.78 Å². The molecule has 0 saturated carbocycles. The number of nitrogens with one attached hydrogen (secondary N) is 1. The van der Waals surface area contributed by atoms with E-state index in [1.807, 2.05) is 31.2 Å². The summed E-state index contributed by atoms with van der Waals surface area (Å²) in [5, 5.41) is 3.15. The van der Waals surface area contributed by atoms with E-state index in [1.165, 1.54) is 30.3 Å². The molecule has 0 heterocycles. The van der Waals surface area contributed by atoms with Gasteiger partial charge in [-0.25, -0.2) is 4.39 Å². The highest BCUT2D eigenvalue weighted by Crippen LogP contribution is 2.17. The predicted molar refractivity (Wildman–Crippen MR) is 90.3 cm³/mol. The van der Waals surface area contributed by atoms with Gasteiger partial charge in [-0.15, -0.1) is 0 Å². The van der Waals surface area contributed by atoms with Crippen LogP contribution in [-0.2, 0) is 0 Å². The van der Waals surface area contributed by atoms with Gasteiger partial charge >= 0.3 is 0 Å². The minimum Gasteiger partial charge on any atom is -0.494 e. The second-order valence-electron chi connectivity index (χ2n) is 5.20. The van der Waals surface area contributed by atoms with E-state index in [1.54, 1.807) is 0 Å². The van der Waals surface area contributed by atoms with Crippen LogP contribution < -0.4 is 10.1 Å². The number of carbonyl (C=O) groups is 1. The van der Waals surface area contributed by atoms with Crippen LogP contribution in [0.2, 0.25) is 0 Å². The number of ketones is 1. The standard InChI is InChI=1S/C19H20FNO2/c1-3-12-23-18-10-8-17(9-11-18)21-14(2)13-19(22)15-4-6-16(20)7-5-15/h4-11,13,21H,3,12H2,1-2H3. The average molecular weight is 313 g/mol. The normalized spacial score (nSPS) is 11.2. The molecule has 0 atom stereocenters. The van der Waals surface area contributed by atoms with Gasteiger partial charge in [-0.05, 0) is 61.9 Å². The molecule has 0 spiro atoms. The zero-order valence-corrected chi connectivity index (χ0v) is 13.3. The van der Waals surface area contributed by atoms with E-state index in [0.717, 1.165) is 17.9 Å². The molecule has 4 heteroatoms. The zero-order valence-electron chi connectivity index (χ0n) is 13.3. The van der Waals surface area contributed by atoms with Crippen molar-refractivity contribution in [2.45, 2.75) is 20.3 Å². The third-order valence-electron chi connectivity index (χ3n) is 3.15. The molecule has 0 saturated heterocycles. The first-order valence-electron chi connectivity index (χ1n) is 7.56. The van der Waals surface area contributed by atoms with Crippen molar-refractivity contribution >= 4 is 11.5 Å². The van der Waals surface area contributed by atoms with Crippen LogP contribution in [0.4, 0.5) is 10.1 Å². The largest absolute Gasteiger partial charge is 0.494 e. The minimum atomic E-state index is -0.356. The summed E-state index contributed by atoms with van der Waals surface area (Å²) in [7, 11) is 0. The summed E-state index contributed by atoms with van der Waals surface area (Å²) in [5.74, 6) is 0.296. The van der Waals surface area contributed by atoms with Crippen molar-refractivity contribution in [1.82, 2.24) is 0 Å². The molecule has 0 unspecified atom stereocenters. The van der Waals surface area contributed by atoms with Crippen molar-refractivity contribution in [3.05, 3.63) is 71.7 Å². The highest BCUT2D eigenvalue weighted by Gasteiger charge is 2.04. The van der Waals surface area contributed by atoms with Crippen LogP contribution in [0, 0.1) is 5.82 Å². The van der Waals surface area contributed by atoms with Gasteiger partial charge in [0.25, 0.3) is 0 Å². The Hall–Kier alpha value is -2.62. The first kappa shape index (κ1) is 16.7. The van der Waals surface area contributed by atoms with E-state index in [4.69, 9.17) is 4.74 Å². The first-order valence-corrected chi connectivity index (χ1v) is 7.56.